The van der Waals surface area contributed by atoms with Crippen LogP contribution in [-0.2, 0) is 6.42 Å². The van der Waals surface area contributed by atoms with Gasteiger partial charge < -0.3 is 15.1 Å². The van der Waals surface area contributed by atoms with Crippen LogP contribution in [0.25, 0.3) is 0 Å². The van der Waals surface area contributed by atoms with Crippen molar-refractivity contribution in [3.05, 3.63) is 65.2 Å². The average Bonchev–Trinajstić information content (AvgIpc) is 2.64. The SMILES string of the molecule is Cc1ccc(CCNC(=O)N2CCN(c3ccccc3)CC2)c(C)c1. The molecule has 0 spiro atoms. The van der Waals surface area contributed by atoms with E-state index in [0.29, 0.717) is 6.54 Å². The van der Waals surface area contributed by atoms with Gasteiger partial charge in [0.15, 0.2) is 0 Å². The second kappa shape index (κ2) is 8.06. The summed E-state index contributed by atoms with van der Waals surface area (Å²) in [5.74, 6) is 0. The predicted octanol–water partition coefficient (Wildman–Crippen LogP) is 3.38. The molecule has 1 N–H and O–H groups in total. The number of anilines is 1. The number of para-hydroxylation sites is 1. The van der Waals surface area contributed by atoms with E-state index >= 15 is 0 Å². The molecule has 1 heterocycles. The first-order valence-electron chi connectivity index (χ1n) is 9.02. The number of carbonyl (C=O) groups is 1. The molecule has 1 saturated heterocycles. The normalized spacial score (nSPS) is 14.5. The van der Waals surface area contributed by atoms with Crippen LogP contribution >= 0.6 is 0 Å². The Bertz CT molecular complexity index is 706. The summed E-state index contributed by atoms with van der Waals surface area (Å²) in [5.41, 5.74) is 5.12. The Labute approximate surface area is 150 Å². The fourth-order valence-electron chi connectivity index (χ4n) is 3.35. The summed E-state index contributed by atoms with van der Waals surface area (Å²) in [6.45, 7) is 8.22. The van der Waals surface area contributed by atoms with Gasteiger partial charge >= 0.3 is 6.03 Å². The summed E-state index contributed by atoms with van der Waals surface area (Å²) in [7, 11) is 0. The van der Waals surface area contributed by atoms with Gasteiger partial charge in [-0.3, -0.25) is 0 Å². The zero-order valence-corrected chi connectivity index (χ0v) is 15.2. The van der Waals surface area contributed by atoms with Crippen molar-refractivity contribution in [3.8, 4) is 0 Å². The molecule has 1 fully saturated rings. The highest BCUT2D eigenvalue weighted by Gasteiger charge is 2.20. The Kier molecular flexibility index (Phi) is 5.59. The number of nitrogens with zero attached hydrogens (tertiary/aromatic N) is 2. The van der Waals surface area contributed by atoms with Crippen LogP contribution in [0.4, 0.5) is 10.5 Å². The van der Waals surface area contributed by atoms with Gasteiger partial charge in [0.1, 0.15) is 0 Å². The number of aryl methyl sites for hydroxylation is 2. The third kappa shape index (κ3) is 4.53. The van der Waals surface area contributed by atoms with Crippen molar-refractivity contribution in [1.29, 1.82) is 0 Å². The number of piperazine rings is 1. The Morgan fingerprint density at radius 1 is 1.00 bits per heavy atom. The number of rotatable bonds is 4. The number of carbonyl (C=O) groups excluding carboxylic acids is 1. The van der Waals surface area contributed by atoms with E-state index in [1.165, 1.54) is 22.4 Å². The lowest BCUT2D eigenvalue weighted by Gasteiger charge is -2.36. The van der Waals surface area contributed by atoms with E-state index in [4.69, 9.17) is 0 Å². The predicted molar refractivity (Wildman–Crippen MR) is 103 cm³/mol. The van der Waals surface area contributed by atoms with Crippen molar-refractivity contribution in [1.82, 2.24) is 10.2 Å². The smallest absolute Gasteiger partial charge is 0.317 e. The monoisotopic (exact) mass is 337 g/mol. The highest BCUT2D eigenvalue weighted by molar-refractivity contribution is 5.74. The lowest BCUT2D eigenvalue weighted by molar-refractivity contribution is 0.194. The van der Waals surface area contributed by atoms with Crippen LogP contribution in [0.5, 0.6) is 0 Å². The Balaban J connectivity index is 1.43. The van der Waals surface area contributed by atoms with E-state index in [1.807, 2.05) is 11.0 Å². The second-order valence-corrected chi connectivity index (χ2v) is 6.72. The Hall–Kier alpha value is -2.49. The fourth-order valence-corrected chi connectivity index (χ4v) is 3.35. The molecule has 4 heteroatoms. The number of benzene rings is 2. The van der Waals surface area contributed by atoms with Crippen molar-refractivity contribution in [3.63, 3.8) is 0 Å². The highest BCUT2D eigenvalue weighted by atomic mass is 16.2. The van der Waals surface area contributed by atoms with Gasteiger partial charge in [-0.15, -0.1) is 0 Å². The maximum Gasteiger partial charge on any atom is 0.317 e. The zero-order chi connectivity index (χ0) is 17.6. The molecule has 0 atom stereocenters. The second-order valence-electron chi connectivity index (χ2n) is 6.72. The molecule has 1 aliphatic heterocycles. The van der Waals surface area contributed by atoms with Crippen molar-refractivity contribution in [2.75, 3.05) is 37.6 Å². The van der Waals surface area contributed by atoms with Crippen LogP contribution < -0.4 is 10.2 Å². The van der Waals surface area contributed by atoms with Crippen molar-refractivity contribution >= 4 is 11.7 Å². The molecule has 132 valence electrons. The van der Waals surface area contributed by atoms with Crippen molar-refractivity contribution in [2.45, 2.75) is 20.3 Å². The molecule has 0 saturated carbocycles. The molecule has 0 aromatic heterocycles. The molecule has 0 radical (unpaired) electrons. The molecule has 0 unspecified atom stereocenters. The maximum atomic E-state index is 12.4. The summed E-state index contributed by atoms with van der Waals surface area (Å²) in [4.78, 5) is 16.6. The summed E-state index contributed by atoms with van der Waals surface area (Å²) in [6.07, 6.45) is 0.877. The maximum absolute atomic E-state index is 12.4. The van der Waals surface area contributed by atoms with Gasteiger partial charge in [0.2, 0.25) is 0 Å². The lowest BCUT2D eigenvalue weighted by Crippen LogP contribution is -2.52. The minimum absolute atomic E-state index is 0.0532. The van der Waals surface area contributed by atoms with Gasteiger partial charge in [0, 0.05) is 38.4 Å². The fraction of sp³-hybridized carbons (Fsp3) is 0.381. The Morgan fingerprint density at radius 2 is 1.72 bits per heavy atom. The van der Waals surface area contributed by atoms with Crippen LogP contribution in [-0.4, -0.2) is 43.7 Å². The molecule has 2 aromatic carbocycles. The van der Waals surface area contributed by atoms with Crippen LogP contribution in [0.15, 0.2) is 48.5 Å². The van der Waals surface area contributed by atoms with E-state index in [9.17, 15) is 4.79 Å². The first-order chi connectivity index (χ1) is 12.1. The van der Waals surface area contributed by atoms with Crippen LogP contribution in [0.1, 0.15) is 16.7 Å². The van der Waals surface area contributed by atoms with E-state index in [-0.39, 0.29) is 6.03 Å². The Morgan fingerprint density at radius 3 is 2.40 bits per heavy atom. The van der Waals surface area contributed by atoms with E-state index in [1.54, 1.807) is 0 Å². The van der Waals surface area contributed by atoms with Crippen LogP contribution in [0.2, 0.25) is 0 Å². The van der Waals surface area contributed by atoms with Gasteiger partial charge in [0.25, 0.3) is 0 Å². The largest absolute Gasteiger partial charge is 0.368 e. The number of nitrogens with one attached hydrogen (secondary N) is 1. The number of hydrogen-bond acceptors (Lipinski definition) is 2. The van der Waals surface area contributed by atoms with Gasteiger partial charge in [0.05, 0.1) is 0 Å². The molecule has 25 heavy (non-hydrogen) atoms. The highest BCUT2D eigenvalue weighted by Crippen LogP contribution is 2.15. The molecule has 0 bridgehead atoms. The van der Waals surface area contributed by atoms with Gasteiger partial charge in [-0.2, -0.15) is 0 Å². The van der Waals surface area contributed by atoms with E-state index in [0.717, 1.165) is 32.6 Å². The molecule has 3 rings (SSSR count). The quantitative estimate of drug-likeness (QED) is 0.928. The minimum Gasteiger partial charge on any atom is -0.368 e. The number of amides is 2. The van der Waals surface area contributed by atoms with Crippen molar-refractivity contribution < 1.29 is 4.79 Å². The minimum atomic E-state index is 0.0532. The number of hydrogen-bond donors (Lipinski definition) is 1. The first kappa shape index (κ1) is 17.3. The van der Waals surface area contributed by atoms with Crippen LogP contribution in [0, 0.1) is 13.8 Å². The van der Waals surface area contributed by atoms with Crippen molar-refractivity contribution in [2.24, 2.45) is 0 Å². The summed E-state index contributed by atoms with van der Waals surface area (Å²) in [5, 5.41) is 3.07. The van der Waals surface area contributed by atoms with Gasteiger partial charge in [-0.1, -0.05) is 42.0 Å². The van der Waals surface area contributed by atoms with E-state index in [2.05, 4.69) is 66.5 Å². The standard InChI is InChI=1S/C21H27N3O/c1-17-8-9-19(18(2)16-17)10-11-22-21(25)24-14-12-23(13-15-24)20-6-4-3-5-7-20/h3-9,16H,10-15H2,1-2H3,(H,22,25). The van der Waals surface area contributed by atoms with E-state index < -0.39 is 0 Å². The van der Waals surface area contributed by atoms with Crippen LogP contribution in [0.3, 0.4) is 0 Å². The lowest BCUT2D eigenvalue weighted by atomic mass is 10.0. The molecular weight excluding hydrogens is 310 g/mol. The first-order valence-corrected chi connectivity index (χ1v) is 9.02. The number of urea groups is 1. The molecule has 2 amide bonds. The van der Waals surface area contributed by atoms with Gasteiger partial charge in [-0.05, 0) is 43.5 Å². The van der Waals surface area contributed by atoms with Gasteiger partial charge in [-0.25, -0.2) is 4.79 Å². The molecule has 1 aliphatic rings. The molecular formula is C21H27N3O. The molecule has 2 aromatic rings. The topological polar surface area (TPSA) is 35.6 Å². The summed E-state index contributed by atoms with van der Waals surface area (Å²) in [6, 6.07) is 16.9. The zero-order valence-electron chi connectivity index (χ0n) is 15.2. The average molecular weight is 337 g/mol. The summed E-state index contributed by atoms with van der Waals surface area (Å²) < 4.78 is 0. The molecule has 0 aliphatic carbocycles. The summed E-state index contributed by atoms with van der Waals surface area (Å²) >= 11 is 0. The molecule has 4 nitrogen and oxygen atoms in total. The third-order valence-corrected chi connectivity index (χ3v) is 4.86. The third-order valence-electron chi connectivity index (χ3n) is 4.86.